The molecule has 0 unspecified atom stereocenters. The molecule has 6 nitrogen and oxygen atoms in total. The van der Waals surface area contributed by atoms with Crippen molar-refractivity contribution in [2.24, 2.45) is 0 Å². The number of amides is 1. The lowest BCUT2D eigenvalue weighted by atomic mass is 10.0. The van der Waals surface area contributed by atoms with Gasteiger partial charge in [-0.25, -0.2) is 9.97 Å². The van der Waals surface area contributed by atoms with Gasteiger partial charge in [0.25, 0.3) is 5.91 Å². The van der Waals surface area contributed by atoms with Gasteiger partial charge in [0, 0.05) is 17.3 Å². The van der Waals surface area contributed by atoms with Crippen molar-refractivity contribution in [1.82, 2.24) is 19.9 Å². The maximum absolute atomic E-state index is 13.1. The summed E-state index contributed by atoms with van der Waals surface area (Å²) in [5.41, 5.74) is 12.0. The molecule has 0 saturated carbocycles. The minimum atomic E-state index is -0.192. The molecule has 3 heterocycles. The summed E-state index contributed by atoms with van der Waals surface area (Å²) >= 11 is 0. The largest absolute Gasteiger partial charge is 0.368 e. The second kappa shape index (κ2) is 6.46. The number of aromatic nitrogens is 3. The fourth-order valence-corrected chi connectivity index (χ4v) is 3.60. The smallest absolute Gasteiger partial charge is 0.273 e. The Balaban J connectivity index is 1.78. The van der Waals surface area contributed by atoms with Gasteiger partial charge < -0.3 is 10.6 Å². The van der Waals surface area contributed by atoms with Gasteiger partial charge in [-0.15, -0.1) is 0 Å². The summed E-state index contributed by atoms with van der Waals surface area (Å²) in [6, 6.07) is 11.6. The van der Waals surface area contributed by atoms with E-state index in [1.807, 2.05) is 51.1 Å². The van der Waals surface area contributed by atoms with Crippen molar-refractivity contribution in [1.29, 1.82) is 0 Å². The van der Waals surface area contributed by atoms with Crippen molar-refractivity contribution in [2.75, 3.05) is 5.73 Å². The van der Waals surface area contributed by atoms with Crippen LogP contribution in [0.15, 0.2) is 42.6 Å². The average Bonchev–Trinajstić information content (AvgIpc) is 2.98. The van der Waals surface area contributed by atoms with Crippen LogP contribution in [0.4, 0.5) is 5.95 Å². The molecule has 4 rings (SSSR count). The van der Waals surface area contributed by atoms with Gasteiger partial charge in [-0.3, -0.25) is 9.78 Å². The first-order chi connectivity index (χ1) is 13.0. The average molecular weight is 359 g/mol. The van der Waals surface area contributed by atoms with Gasteiger partial charge in [0.2, 0.25) is 5.95 Å². The minimum Gasteiger partial charge on any atom is -0.368 e. The molecule has 1 aliphatic rings. The van der Waals surface area contributed by atoms with E-state index in [9.17, 15) is 4.79 Å². The number of carbonyl (C=O) groups excluding carboxylic acids is 1. The van der Waals surface area contributed by atoms with Gasteiger partial charge in [-0.05, 0) is 38.5 Å². The molecule has 1 amide bonds. The van der Waals surface area contributed by atoms with Gasteiger partial charge in [0.1, 0.15) is 5.69 Å². The van der Waals surface area contributed by atoms with Gasteiger partial charge >= 0.3 is 0 Å². The van der Waals surface area contributed by atoms with E-state index in [0.717, 1.165) is 33.6 Å². The zero-order valence-corrected chi connectivity index (χ0v) is 15.6. The number of nitrogens with two attached hydrogens (primary N) is 1. The quantitative estimate of drug-likeness (QED) is 0.757. The molecule has 2 N–H and O–H groups in total. The molecule has 3 aromatic rings. The van der Waals surface area contributed by atoms with E-state index >= 15 is 0 Å². The van der Waals surface area contributed by atoms with Gasteiger partial charge in [-0.2, -0.15) is 0 Å². The number of nitrogens with zero attached hydrogens (tertiary/aromatic N) is 4. The normalized spacial score (nSPS) is 15.7. The number of hydrogen-bond acceptors (Lipinski definition) is 5. The molecule has 0 spiro atoms. The summed E-state index contributed by atoms with van der Waals surface area (Å²) in [5.74, 6) is 0.118. The second-order valence-electron chi connectivity index (χ2n) is 6.94. The topological polar surface area (TPSA) is 85.0 Å². The second-order valence-corrected chi connectivity index (χ2v) is 6.94. The summed E-state index contributed by atoms with van der Waals surface area (Å²) in [7, 11) is 0. The van der Waals surface area contributed by atoms with Crippen molar-refractivity contribution < 1.29 is 4.79 Å². The predicted molar refractivity (Wildman–Crippen MR) is 104 cm³/mol. The third-order valence-corrected chi connectivity index (χ3v) is 5.01. The summed E-state index contributed by atoms with van der Waals surface area (Å²) in [5, 5.41) is 0. The van der Waals surface area contributed by atoms with Crippen LogP contribution < -0.4 is 5.73 Å². The fourth-order valence-electron chi connectivity index (χ4n) is 3.60. The number of aryl methyl sites for hydroxylation is 2. The molecular formula is C21H21N5O. The summed E-state index contributed by atoms with van der Waals surface area (Å²) in [6.45, 7) is 6.34. The molecule has 0 fully saturated rings. The van der Waals surface area contributed by atoms with Crippen molar-refractivity contribution in [2.45, 2.75) is 33.4 Å². The SMILES string of the molecule is Cc1cccc(-c2nc(N)nc3c2CN(C(=O)c2ncccc2C)[C@@H]3C)c1. The number of nitrogen functional groups attached to an aromatic ring is 1. The maximum Gasteiger partial charge on any atom is 0.273 e. The van der Waals surface area contributed by atoms with Crippen molar-refractivity contribution in [3.8, 4) is 11.3 Å². The number of pyridine rings is 1. The Bertz CT molecular complexity index is 1050. The first kappa shape index (κ1) is 17.1. The molecule has 0 saturated heterocycles. The van der Waals surface area contributed by atoms with Crippen LogP contribution in [0, 0.1) is 13.8 Å². The third kappa shape index (κ3) is 2.93. The van der Waals surface area contributed by atoms with Crippen LogP contribution in [0.3, 0.4) is 0 Å². The Labute approximate surface area is 158 Å². The maximum atomic E-state index is 13.1. The molecule has 6 heteroatoms. The summed E-state index contributed by atoms with van der Waals surface area (Å²) < 4.78 is 0. The molecule has 1 aromatic carbocycles. The van der Waals surface area contributed by atoms with E-state index in [1.54, 1.807) is 11.1 Å². The highest BCUT2D eigenvalue weighted by atomic mass is 16.2. The van der Waals surface area contributed by atoms with Crippen molar-refractivity contribution >= 4 is 11.9 Å². The van der Waals surface area contributed by atoms with Crippen LogP contribution in [0.5, 0.6) is 0 Å². The van der Waals surface area contributed by atoms with E-state index in [0.29, 0.717) is 12.2 Å². The highest BCUT2D eigenvalue weighted by molar-refractivity contribution is 5.94. The fraction of sp³-hybridized carbons (Fsp3) is 0.238. The standard InChI is InChI=1S/C21H21N5O/c1-12-6-4-8-15(10-12)19-16-11-26(14(3)18(16)24-21(22)25-19)20(27)17-13(2)7-5-9-23-17/h4-10,14H,11H2,1-3H3,(H2,22,24,25)/t14-/m1/s1. The molecule has 2 aromatic heterocycles. The van der Waals surface area contributed by atoms with Crippen molar-refractivity contribution in [3.05, 3.63) is 70.7 Å². The van der Waals surface area contributed by atoms with E-state index in [-0.39, 0.29) is 17.9 Å². The zero-order chi connectivity index (χ0) is 19.1. The Morgan fingerprint density at radius 1 is 1.19 bits per heavy atom. The molecule has 27 heavy (non-hydrogen) atoms. The number of rotatable bonds is 2. The van der Waals surface area contributed by atoms with E-state index in [2.05, 4.69) is 21.0 Å². The monoisotopic (exact) mass is 359 g/mol. The number of benzene rings is 1. The molecular weight excluding hydrogens is 338 g/mol. The van der Waals surface area contributed by atoms with Crippen LogP contribution in [0.1, 0.15) is 45.8 Å². The Morgan fingerprint density at radius 3 is 2.74 bits per heavy atom. The van der Waals surface area contributed by atoms with Gasteiger partial charge in [0.05, 0.1) is 24.0 Å². The van der Waals surface area contributed by atoms with Crippen molar-refractivity contribution in [3.63, 3.8) is 0 Å². The summed E-state index contributed by atoms with van der Waals surface area (Å²) in [4.78, 5) is 28.1. The van der Waals surface area contributed by atoms with Crippen LogP contribution in [-0.4, -0.2) is 25.8 Å². The number of anilines is 1. The molecule has 0 bridgehead atoms. The van der Waals surface area contributed by atoms with E-state index in [1.165, 1.54) is 0 Å². The van der Waals surface area contributed by atoms with Crippen LogP contribution >= 0.6 is 0 Å². The lowest BCUT2D eigenvalue weighted by molar-refractivity contribution is 0.0696. The third-order valence-electron chi connectivity index (χ3n) is 5.01. The number of carbonyl (C=O) groups is 1. The molecule has 136 valence electrons. The van der Waals surface area contributed by atoms with E-state index in [4.69, 9.17) is 5.73 Å². The molecule has 0 aliphatic carbocycles. The molecule has 1 aliphatic heterocycles. The summed E-state index contributed by atoms with van der Waals surface area (Å²) in [6.07, 6.45) is 1.64. The van der Waals surface area contributed by atoms with Crippen LogP contribution in [0.25, 0.3) is 11.3 Å². The highest BCUT2D eigenvalue weighted by Crippen LogP contribution is 2.38. The Hall–Kier alpha value is -3.28. The lowest BCUT2D eigenvalue weighted by Crippen LogP contribution is -2.29. The van der Waals surface area contributed by atoms with E-state index < -0.39 is 0 Å². The molecule has 1 atom stereocenters. The van der Waals surface area contributed by atoms with Gasteiger partial charge in [0.15, 0.2) is 0 Å². The zero-order valence-electron chi connectivity index (χ0n) is 15.6. The van der Waals surface area contributed by atoms with Gasteiger partial charge in [-0.1, -0.05) is 29.8 Å². The first-order valence-corrected chi connectivity index (χ1v) is 8.91. The Kier molecular flexibility index (Phi) is 4.11. The number of hydrogen-bond donors (Lipinski definition) is 1. The lowest BCUT2D eigenvalue weighted by Gasteiger charge is -2.21. The predicted octanol–water partition coefficient (Wildman–Crippen LogP) is 3.45. The molecule has 0 radical (unpaired) electrons. The minimum absolute atomic E-state index is 0.104. The first-order valence-electron chi connectivity index (χ1n) is 8.91. The number of fused-ring (bicyclic) bond motifs is 1. The van der Waals surface area contributed by atoms with Crippen LogP contribution in [-0.2, 0) is 6.54 Å². The highest BCUT2D eigenvalue weighted by Gasteiger charge is 2.36. The Morgan fingerprint density at radius 2 is 2.00 bits per heavy atom. The van der Waals surface area contributed by atoms with Crippen LogP contribution in [0.2, 0.25) is 0 Å².